The number of rotatable bonds is 7. The summed E-state index contributed by atoms with van der Waals surface area (Å²) in [6.07, 6.45) is 2.24. The Bertz CT molecular complexity index is 527. The standard InChI is InChI=1S/C19H31BrN4O/c1-3-21-19(22-12-15(2)14-25)23-18-8-10-24(11-9-18)13-16-4-6-17(20)7-5-16/h4-7,15,18,25H,3,8-14H2,1-2H3,(H2,21,22,23). The lowest BCUT2D eigenvalue weighted by atomic mass is 10.0. The summed E-state index contributed by atoms with van der Waals surface area (Å²) in [5, 5.41) is 16.0. The highest BCUT2D eigenvalue weighted by atomic mass is 79.9. The molecule has 0 amide bonds. The predicted octanol–water partition coefficient (Wildman–Crippen LogP) is 2.60. The second-order valence-electron chi connectivity index (χ2n) is 6.83. The molecule has 0 radical (unpaired) electrons. The largest absolute Gasteiger partial charge is 0.396 e. The number of nitrogens with zero attached hydrogens (tertiary/aromatic N) is 2. The van der Waals surface area contributed by atoms with Crippen LogP contribution in [0.2, 0.25) is 0 Å². The first-order valence-electron chi connectivity index (χ1n) is 9.23. The normalized spacial score (nSPS) is 18.2. The number of aliphatic imine (C=N–C) groups is 1. The van der Waals surface area contributed by atoms with Gasteiger partial charge in [-0.05, 0) is 43.4 Å². The molecule has 0 aliphatic carbocycles. The molecule has 1 aromatic rings. The van der Waals surface area contributed by atoms with Gasteiger partial charge in [0.05, 0.1) is 0 Å². The number of guanidine groups is 1. The van der Waals surface area contributed by atoms with Crippen LogP contribution in [-0.2, 0) is 6.54 Å². The van der Waals surface area contributed by atoms with Crippen LogP contribution in [0.1, 0.15) is 32.3 Å². The molecular weight excluding hydrogens is 380 g/mol. The average Bonchev–Trinajstić information content (AvgIpc) is 2.63. The molecule has 6 heteroatoms. The molecule has 1 fully saturated rings. The number of halogens is 1. The molecule has 2 rings (SSSR count). The SMILES string of the molecule is CCNC(=NCC(C)CO)NC1CCN(Cc2ccc(Br)cc2)CC1. The zero-order chi connectivity index (χ0) is 18.1. The Morgan fingerprint density at radius 3 is 2.60 bits per heavy atom. The van der Waals surface area contributed by atoms with Gasteiger partial charge in [-0.2, -0.15) is 0 Å². The number of aliphatic hydroxyl groups excluding tert-OH is 1. The first-order chi connectivity index (χ1) is 12.1. The van der Waals surface area contributed by atoms with E-state index >= 15 is 0 Å². The van der Waals surface area contributed by atoms with Gasteiger partial charge < -0.3 is 15.7 Å². The number of hydrogen-bond acceptors (Lipinski definition) is 3. The molecule has 140 valence electrons. The Hall–Kier alpha value is -1.11. The van der Waals surface area contributed by atoms with E-state index in [0.29, 0.717) is 12.6 Å². The smallest absolute Gasteiger partial charge is 0.191 e. The Morgan fingerprint density at radius 2 is 2.00 bits per heavy atom. The third kappa shape index (κ3) is 7.34. The minimum Gasteiger partial charge on any atom is -0.396 e. The van der Waals surface area contributed by atoms with E-state index in [9.17, 15) is 0 Å². The molecule has 0 aromatic heterocycles. The number of nitrogens with one attached hydrogen (secondary N) is 2. The van der Waals surface area contributed by atoms with Gasteiger partial charge in [-0.15, -0.1) is 0 Å². The monoisotopic (exact) mass is 410 g/mol. The molecule has 3 N–H and O–H groups in total. The lowest BCUT2D eigenvalue weighted by molar-refractivity contribution is 0.198. The fraction of sp³-hybridized carbons (Fsp3) is 0.632. The molecule has 1 aromatic carbocycles. The molecule has 1 heterocycles. The zero-order valence-corrected chi connectivity index (χ0v) is 16.9. The Labute approximate surface area is 160 Å². The number of hydrogen-bond donors (Lipinski definition) is 3. The summed E-state index contributed by atoms with van der Waals surface area (Å²) in [4.78, 5) is 7.10. The topological polar surface area (TPSA) is 59.9 Å². The molecule has 25 heavy (non-hydrogen) atoms. The summed E-state index contributed by atoms with van der Waals surface area (Å²) < 4.78 is 1.13. The van der Waals surface area contributed by atoms with Crippen molar-refractivity contribution in [3.8, 4) is 0 Å². The average molecular weight is 411 g/mol. The maximum Gasteiger partial charge on any atom is 0.191 e. The van der Waals surface area contributed by atoms with Gasteiger partial charge >= 0.3 is 0 Å². The minimum atomic E-state index is 0.178. The molecule has 1 atom stereocenters. The van der Waals surface area contributed by atoms with Crippen LogP contribution in [0.3, 0.4) is 0 Å². The van der Waals surface area contributed by atoms with E-state index in [1.807, 2.05) is 6.92 Å². The van der Waals surface area contributed by atoms with Gasteiger partial charge in [-0.1, -0.05) is 35.0 Å². The highest BCUT2D eigenvalue weighted by Gasteiger charge is 2.20. The van der Waals surface area contributed by atoms with E-state index in [4.69, 9.17) is 5.11 Å². The van der Waals surface area contributed by atoms with Crippen LogP contribution >= 0.6 is 15.9 Å². The van der Waals surface area contributed by atoms with Crippen molar-refractivity contribution in [2.45, 2.75) is 39.3 Å². The Balaban J connectivity index is 1.78. The summed E-state index contributed by atoms with van der Waals surface area (Å²) in [7, 11) is 0. The zero-order valence-electron chi connectivity index (χ0n) is 15.3. The van der Waals surface area contributed by atoms with Gasteiger partial charge in [-0.3, -0.25) is 9.89 Å². The van der Waals surface area contributed by atoms with Crippen molar-refractivity contribution in [2.75, 3.05) is 32.8 Å². The van der Waals surface area contributed by atoms with Crippen molar-refractivity contribution in [3.05, 3.63) is 34.3 Å². The number of piperidine rings is 1. The van der Waals surface area contributed by atoms with Crippen molar-refractivity contribution in [1.29, 1.82) is 0 Å². The van der Waals surface area contributed by atoms with Crippen molar-refractivity contribution < 1.29 is 5.11 Å². The van der Waals surface area contributed by atoms with E-state index < -0.39 is 0 Å². The molecule has 1 saturated heterocycles. The van der Waals surface area contributed by atoms with Crippen molar-refractivity contribution in [3.63, 3.8) is 0 Å². The van der Waals surface area contributed by atoms with E-state index in [-0.39, 0.29) is 12.5 Å². The van der Waals surface area contributed by atoms with E-state index in [2.05, 4.69) is 67.6 Å². The highest BCUT2D eigenvalue weighted by molar-refractivity contribution is 9.10. The van der Waals surface area contributed by atoms with Gasteiger partial charge in [0.1, 0.15) is 0 Å². The summed E-state index contributed by atoms with van der Waals surface area (Å²) in [6.45, 7) is 8.97. The van der Waals surface area contributed by atoms with Crippen molar-refractivity contribution >= 4 is 21.9 Å². The van der Waals surface area contributed by atoms with Crippen LogP contribution < -0.4 is 10.6 Å². The number of likely N-dealkylation sites (tertiary alicyclic amines) is 1. The summed E-state index contributed by atoms with van der Waals surface area (Å²) in [6, 6.07) is 9.05. The van der Waals surface area contributed by atoms with Crippen LogP contribution in [0.15, 0.2) is 33.7 Å². The summed E-state index contributed by atoms with van der Waals surface area (Å²) in [5.41, 5.74) is 1.36. The third-order valence-electron chi connectivity index (χ3n) is 4.46. The van der Waals surface area contributed by atoms with E-state index in [1.165, 1.54) is 5.56 Å². The van der Waals surface area contributed by atoms with Crippen LogP contribution in [0, 0.1) is 5.92 Å². The lowest BCUT2D eigenvalue weighted by Gasteiger charge is -2.33. The van der Waals surface area contributed by atoms with Gasteiger partial charge in [0.15, 0.2) is 5.96 Å². The second-order valence-corrected chi connectivity index (χ2v) is 7.74. The van der Waals surface area contributed by atoms with Crippen molar-refractivity contribution in [2.24, 2.45) is 10.9 Å². The third-order valence-corrected chi connectivity index (χ3v) is 4.99. The van der Waals surface area contributed by atoms with Gasteiger partial charge in [0, 0.05) is 49.8 Å². The maximum absolute atomic E-state index is 9.15. The Kier molecular flexibility index (Phi) is 8.72. The van der Waals surface area contributed by atoms with Crippen molar-refractivity contribution in [1.82, 2.24) is 15.5 Å². The number of benzene rings is 1. The molecule has 0 saturated carbocycles. The molecule has 5 nitrogen and oxygen atoms in total. The Morgan fingerprint density at radius 1 is 1.32 bits per heavy atom. The van der Waals surface area contributed by atoms with Crippen LogP contribution in [0.5, 0.6) is 0 Å². The van der Waals surface area contributed by atoms with Crippen LogP contribution in [0.4, 0.5) is 0 Å². The fourth-order valence-corrected chi connectivity index (χ4v) is 3.17. The van der Waals surface area contributed by atoms with Gasteiger partial charge in [-0.25, -0.2) is 0 Å². The van der Waals surface area contributed by atoms with E-state index in [1.54, 1.807) is 0 Å². The highest BCUT2D eigenvalue weighted by Crippen LogP contribution is 2.16. The summed E-state index contributed by atoms with van der Waals surface area (Å²) >= 11 is 3.49. The van der Waals surface area contributed by atoms with Crippen LogP contribution in [0.25, 0.3) is 0 Å². The molecular formula is C19H31BrN4O. The second kappa shape index (κ2) is 10.8. The minimum absolute atomic E-state index is 0.178. The first kappa shape index (κ1) is 20.2. The molecule has 0 bridgehead atoms. The number of aliphatic hydroxyl groups is 1. The summed E-state index contributed by atoms with van der Waals surface area (Å²) in [5.74, 6) is 1.07. The fourth-order valence-electron chi connectivity index (χ4n) is 2.90. The molecule has 1 aliphatic rings. The maximum atomic E-state index is 9.15. The lowest BCUT2D eigenvalue weighted by Crippen LogP contribution is -2.48. The van der Waals surface area contributed by atoms with Gasteiger partial charge in [0.2, 0.25) is 0 Å². The van der Waals surface area contributed by atoms with Crippen LogP contribution in [-0.4, -0.2) is 54.8 Å². The quantitative estimate of drug-likeness (QED) is 0.477. The van der Waals surface area contributed by atoms with E-state index in [0.717, 1.165) is 49.5 Å². The molecule has 0 spiro atoms. The predicted molar refractivity (Wildman–Crippen MR) is 108 cm³/mol. The first-order valence-corrected chi connectivity index (χ1v) is 10.0. The molecule has 1 aliphatic heterocycles. The van der Waals surface area contributed by atoms with Gasteiger partial charge in [0.25, 0.3) is 0 Å². The molecule has 1 unspecified atom stereocenters.